The van der Waals surface area contributed by atoms with Gasteiger partial charge >= 0.3 is 0 Å². The van der Waals surface area contributed by atoms with Crippen LogP contribution < -0.4 is 0 Å². The van der Waals surface area contributed by atoms with Crippen molar-refractivity contribution in [1.29, 1.82) is 0 Å². The first-order chi connectivity index (χ1) is 20.4. The van der Waals surface area contributed by atoms with Crippen molar-refractivity contribution in [2.24, 2.45) is 0 Å². The van der Waals surface area contributed by atoms with E-state index in [9.17, 15) is 0 Å². The second-order valence-electron chi connectivity index (χ2n) is 10.5. The first kappa shape index (κ1) is 22.3. The Kier molecular flexibility index (Phi) is 4.61. The number of fused-ring (bicyclic) bond motifs is 13. The number of nitrogens with zero attached hydrogens (tertiary/aromatic N) is 2. The van der Waals surface area contributed by atoms with E-state index in [2.05, 4.69) is 114 Å². The largest absolute Gasteiger partial charge is 0.455 e. The van der Waals surface area contributed by atoms with Gasteiger partial charge in [-0.25, -0.2) is 0 Å². The minimum absolute atomic E-state index is 0.883. The summed E-state index contributed by atoms with van der Waals surface area (Å²) in [4.78, 5) is 9.58. The Morgan fingerprint density at radius 1 is 0.390 bits per heavy atom. The molecule has 0 fully saturated rings. The van der Waals surface area contributed by atoms with Crippen molar-refractivity contribution in [1.82, 2.24) is 9.97 Å². The van der Waals surface area contributed by atoms with Crippen molar-refractivity contribution in [2.45, 2.75) is 0 Å². The molecule has 0 unspecified atom stereocenters. The fraction of sp³-hybridized carbons (Fsp3) is 0. The van der Waals surface area contributed by atoms with E-state index in [4.69, 9.17) is 9.40 Å². The van der Waals surface area contributed by atoms with E-state index >= 15 is 0 Å². The molecular formula is C38H22N2O. The molecule has 0 spiro atoms. The number of furan rings is 1. The Bertz CT molecular complexity index is 2330. The first-order valence-electron chi connectivity index (χ1n) is 13.8. The van der Waals surface area contributed by atoms with Crippen LogP contribution in [0.1, 0.15) is 0 Å². The number of hydrogen-bond acceptors (Lipinski definition) is 3. The zero-order chi connectivity index (χ0) is 26.9. The van der Waals surface area contributed by atoms with Gasteiger partial charge in [0.1, 0.15) is 11.2 Å². The molecule has 2 aromatic heterocycles. The predicted molar refractivity (Wildman–Crippen MR) is 168 cm³/mol. The predicted octanol–water partition coefficient (Wildman–Crippen LogP) is 10.2. The van der Waals surface area contributed by atoms with E-state index in [-0.39, 0.29) is 0 Å². The van der Waals surface area contributed by atoms with Crippen LogP contribution in [0.15, 0.2) is 138 Å². The van der Waals surface area contributed by atoms with Crippen LogP contribution in [0, 0.1) is 0 Å². The summed E-state index contributed by atoms with van der Waals surface area (Å²) in [7, 11) is 0. The van der Waals surface area contributed by atoms with Crippen molar-refractivity contribution in [2.75, 3.05) is 0 Å². The van der Waals surface area contributed by atoms with Crippen molar-refractivity contribution in [3.8, 4) is 55.6 Å². The molecule has 0 atom stereocenters. The van der Waals surface area contributed by atoms with Crippen LogP contribution in [-0.2, 0) is 0 Å². The van der Waals surface area contributed by atoms with Gasteiger partial charge in [0.05, 0.1) is 11.0 Å². The second-order valence-corrected chi connectivity index (χ2v) is 10.5. The lowest BCUT2D eigenvalue weighted by Gasteiger charge is -2.25. The smallest absolute Gasteiger partial charge is 0.143 e. The van der Waals surface area contributed by atoms with Crippen LogP contribution in [0.5, 0.6) is 0 Å². The summed E-state index contributed by atoms with van der Waals surface area (Å²) >= 11 is 0. The maximum atomic E-state index is 6.55. The molecule has 3 nitrogen and oxygen atoms in total. The molecule has 0 saturated carbocycles. The van der Waals surface area contributed by atoms with Gasteiger partial charge in [-0.2, -0.15) is 0 Å². The van der Waals surface area contributed by atoms with Gasteiger partial charge < -0.3 is 4.42 Å². The molecular weight excluding hydrogens is 500 g/mol. The van der Waals surface area contributed by atoms with Crippen LogP contribution in [0.4, 0.5) is 0 Å². The topological polar surface area (TPSA) is 38.9 Å². The van der Waals surface area contributed by atoms with Gasteiger partial charge in [-0.1, -0.05) is 109 Å². The van der Waals surface area contributed by atoms with Crippen LogP contribution >= 0.6 is 0 Å². The van der Waals surface area contributed by atoms with E-state index in [0.717, 1.165) is 60.8 Å². The van der Waals surface area contributed by atoms with Crippen LogP contribution in [0.3, 0.4) is 0 Å². The van der Waals surface area contributed by atoms with Crippen LogP contribution in [-0.4, -0.2) is 9.97 Å². The molecule has 1 aliphatic carbocycles. The standard InChI is InChI=1S/C38H22N2O/c1-2-11-25-23(9-1)24-10-3-4-13-27(24)35-28(31-16-8-15-30-26-12-5-6-18-34(26)41-38(30)31)14-7-17-32(35)36-29(25)19-20-33-37(36)40-22-21-39-33/h1-22H. The Morgan fingerprint density at radius 2 is 0.976 bits per heavy atom. The average molecular weight is 523 g/mol. The monoisotopic (exact) mass is 522 g/mol. The lowest BCUT2D eigenvalue weighted by molar-refractivity contribution is 0.670. The summed E-state index contributed by atoms with van der Waals surface area (Å²) in [6.45, 7) is 0. The summed E-state index contributed by atoms with van der Waals surface area (Å²) in [5.41, 5.74) is 15.1. The van der Waals surface area contributed by atoms with Gasteiger partial charge in [-0.15, -0.1) is 0 Å². The summed E-state index contributed by atoms with van der Waals surface area (Å²) in [6.07, 6.45) is 3.56. The Labute approximate surface area is 236 Å². The zero-order valence-corrected chi connectivity index (χ0v) is 22.0. The quantitative estimate of drug-likeness (QED) is 0.215. The minimum Gasteiger partial charge on any atom is -0.455 e. The maximum absolute atomic E-state index is 6.55. The third-order valence-electron chi connectivity index (χ3n) is 8.37. The van der Waals surface area contributed by atoms with Gasteiger partial charge in [0.2, 0.25) is 0 Å². The molecule has 2 heterocycles. The molecule has 0 saturated heterocycles. The normalized spacial score (nSPS) is 11.9. The van der Waals surface area contributed by atoms with Gasteiger partial charge in [0.15, 0.2) is 0 Å². The van der Waals surface area contributed by atoms with Crippen LogP contribution in [0.2, 0.25) is 0 Å². The molecule has 190 valence electrons. The lowest BCUT2D eigenvalue weighted by Crippen LogP contribution is -2.00. The highest BCUT2D eigenvalue weighted by Crippen LogP contribution is 2.52. The molecule has 3 heteroatoms. The maximum Gasteiger partial charge on any atom is 0.143 e. The third-order valence-corrected chi connectivity index (χ3v) is 8.37. The van der Waals surface area contributed by atoms with Crippen molar-refractivity contribution < 1.29 is 4.42 Å². The summed E-state index contributed by atoms with van der Waals surface area (Å²) in [6, 6.07) is 43.1. The van der Waals surface area contributed by atoms with Gasteiger partial charge in [0, 0.05) is 34.3 Å². The number of aromatic nitrogens is 2. The Hall–Kier alpha value is -5.54. The fourth-order valence-electron chi connectivity index (χ4n) is 6.66. The highest BCUT2D eigenvalue weighted by atomic mass is 16.3. The van der Waals surface area contributed by atoms with E-state index in [1.807, 2.05) is 12.1 Å². The molecule has 0 N–H and O–H groups in total. The third kappa shape index (κ3) is 3.14. The number of para-hydroxylation sites is 2. The van der Waals surface area contributed by atoms with Crippen molar-refractivity contribution in [3.05, 3.63) is 134 Å². The zero-order valence-electron chi connectivity index (χ0n) is 22.0. The molecule has 6 aromatic carbocycles. The van der Waals surface area contributed by atoms with Gasteiger partial charge in [-0.05, 0) is 56.6 Å². The van der Waals surface area contributed by atoms with Gasteiger partial charge in [-0.3, -0.25) is 9.97 Å². The van der Waals surface area contributed by atoms with Crippen molar-refractivity contribution >= 4 is 33.0 Å². The number of hydrogen-bond donors (Lipinski definition) is 0. The molecule has 41 heavy (non-hydrogen) atoms. The molecule has 0 radical (unpaired) electrons. The Balaban J connectivity index is 1.49. The molecule has 1 aliphatic rings. The fourth-order valence-corrected chi connectivity index (χ4v) is 6.66. The number of rotatable bonds is 1. The lowest BCUT2D eigenvalue weighted by atomic mass is 9.78. The van der Waals surface area contributed by atoms with Crippen LogP contribution in [0.25, 0.3) is 88.6 Å². The summed E-state index contributed by atoms with van der Waals surface area (Å²) < 4.78 is 6.55. The molecule has 8 aromatic rings. The van der Waals surface area contributed by atoms with Gasteiger partial charge in [0.25, 0.3) is 0 Å². The highest BCUT2D eigenvalue weighted by molar-refractivity contribution is 6.15. The molecule has 9 rings (SSSR count). The van der Waals surface area contributed by atoms with E-state index < -0.39 is 0 Å². The summed E-state index contributed by atoms with van der Waals surface area (Å²) in [5.74, 6) is 0. The van der Waals surface area contributed by atoms with Crippen molar-refractivity contribution in [3.63, 3.8) is 0 Å². The Morgan fingerprint density at radius 3 is 1.85 bits per heavy atom. The molecule has 0 aliphatic heterocycles. The second kappa shape index (κ2) is 8.48. The van der Waals surface area contributed by atoms with E-state index in [1.165, 1.54) is 27.8 Å². The first-order valence-corrected chi connectivity index (χ1v) is 13.8. The molecule has 0 amide bonds. The summed E-state index contributed by atoms with van der Waals surface area (Å²) in [5, 5.41) is 2.25. The van der Waals surface area contributed by atoms with E-state index in [1.54, 1.807) is 12.4 Å². The van der Waals surface area contributed by atoms with E-state index in [0.29, 0.717) is 0 Å². The SMILES string of the molecule is c1ccc2c(c1)-c1ccccc1-c1c(cccc1-c1cccc3c1oc1ccccc13)-c1c-2ccc2nccnc12. The minimum atomic E-state index is 0.883. The highest BCUT2D eigenvalue weighted by Gasteiger charge is 2.27. The molecule has 0 bridgehead atoms. The number of benzene rings is 6. The average Bonchev–Trinajstić information content (AvgIpc) is 3.42.